The van der Waals surface area contributed by atoms with Crippen molar-refractivity contribution in [3.8, 4) is 17.2 Å². The van der Waals surface area contributed by atoms with Gasteiger partial charge in [-0.1, -0.05) is 60.7 Å². The van der Waals surface area contributed by atoms with Crippen molar-refractivity contribution in [2.24, 2.45) is 0 Å². The van der Waals surface area contributed by atoms with Gasteiger partial charge in [0, 0.05) is 23.0 Å². The Morgan fingerprint density at radius 1 is 0.966 bits per heavy atom. The molecule has 4 rings (SSSR count). The monoisotopic (exact) mass is 380 g/mol. The number of esters is 1. The van der Waals surface area contributed by atoms with E-state index in [4.69, 9.17) is 10.00 Å². The molecule has 0 radical (unpaired) electrons. The van der Waals surface area contributed by atoms with Gasteiger partial charge in [-0.3, -0.25) is 0 Å². The summed E-state index contributed by atoms with van der Waals surface area (Å²) in [6.45, 7) is 2.67. The molecule has 0 saturated heterocycles. The molecule has 1 heterocycles. The Kier molecular flexibility index (Phi) is 5.13. The first-order chi connectivity index (χ1) is 14.2. The SMILES string of the molecule is CCOC(=O)c1c(-c2ccc(C#N)cc2)c2ccccc2n1Cc1ccccc1. The van der Waals surface area contributed by atoms with Gasteiger partial charge in [-0.25, -0.2) is 4.79 Å². The molecule has 0 aliphatic carbocycles. The maximum Gasteiger partial charge on any atom is 0.355 e. The number of carbonyl (C=O) groups excluding carboxylic acids is 1. The van der Waals surface area contributed by atoms with Crippen LogP contribution in [0.4, 0.5) is 0 Å². The summed E-state index contributed by atoms with van der Waals surface area (Å²) in [6, 6.07) is 27.5. The number of para-hydroxylation sites is 1. The van der Waals surface area contributed by atoms with Crippen molar-refractivity contribution < 1.29 is 9.53 Å². The molecule has 0 bridgehead atoms. The molecule has 0 spiro atoms. The molecule has 0 aliphatic heterocycles. The van der Waals surface area contributed by atoms with E-state index in [1.54, 1.807) is 12.1 Å². The van der Waals surface area contributed by atoms with E-state index in [0.717, 1.165) is 27.6 Å². The molecule has 4 nitrogen and oxygen atoms in total. The van der Waals surface area contributed by atoms with Gasteiger partial charge >= 0.3 is 5.97 Å². The second-order valence-electron chi connectivity index (χ2n) is 6.72. The highest BCUT2D eigenvalue weighted by Gasteiger charge is 2.24. The highest BCUT2D eigenvalue weighted by Crippen LogP contribution is 2.36. The Labute approximate surface area is 169 Å². The Hall–Kier alpha value is -3.84. The van der Waals surface area contributed by atoms with Crippen molar-refractivity contribution in [3.05, 3.63) is 95.7 Å². The van der Waals surface area contributed by atoms with E-state index in [9.17, 15) is 4.79 Å². The van der Waals surface area contributed by atoms with Gasteiger partial charge in [-0.2, -0.15) is 5.26 Å². The molecule has 0 unspecified atom stereocenters. The minimum Gasteiger partial charge on any atom is -0.461 e. The van der Waals surface area contributed by atoms with E-state index in [1.807, 2.05) is 78.2 Å². The lowest BCUT2D eigenvalue weighted by molar-refractivity contribution is 0.0516. The predicted octanol–water partition coefficient (Wildman–Crippen LogP) is 5.40. The van der Waals surface area contributed by atoms with E-state index in [-0.39, 0.29) is 5.97 Å². The number of carbonyl (C=O) groups is 1. The van der Waals surface area contributed by atoms with Crippen LogP contribution < -0.4 is 0 Å². The molecular formula is C25H20N2O2. The first-order valence-electron chi connectivity index (χ1n) is 9.55. The lowest BCUT2D eigenvalue weighted by atomic mass is 10.0. The second-order valence-corrected chi connectivity index (χ2v) is 6.72. The average Bonchev–Trinajstić information content (AvgIpc) is 3.09. The third-order valence-corrected chi connectivity index (χ3v) is 4.93. The summed E-state index contributed by atoms with van der Waals surface area (Å²) >= 11 is 0. The summed E-state index contributed by atoms with van der Waals surface area (Å²) in [7, 11) is 0. The highest BCUT2D eigenvalue weighted by atomic mass is 16.5. The van der Waals surface area contributed by atoms with E-state index < -0.39 is 0 Å². The maximum absolute atomic E-state index is 13.0. The molecule has 0 fully saturated rings. The van der Waals surface area contributed by atoms with Crippen molar-refractivity contribution >= 4 is 16.9 Å². The summed E-state index contributed by atoms with van der Waals surface area (Å²) in [5.74, 6) is -0.348. The Morgan fingerprint density at radius 3 is 2.34 bits per heavy atom. The average molecular weight is 380 g/mol. The quantitative estimate of drug-likeness (QED) is 0.435. The number of fused-ring (bicyclic) bond motifs is 1. The van der Waals surface area contributed by atoms with E-state index in [1.165, 1.54) is 0 Å². The van der Waals surface area contributed by atoms with Gasteiger partial charge in [-0.05, 0) is 36.2 Å². The van der Waals surface area contributed by atoms with Gasteiger partial charge < -0.3 is 9.30 Å². The molecule has 0 aliphatic rings. The molecule has 4 aromatic rings. The topological polar surface area (TPSA) is 55.0 Å². The number of benzene rings is 3. The van der Waals surface area contributed by atoms with Crippen LogP contribution in [0, 0.1) is 11.3 Å². The van der Waals surface area contributed by atoms with Gasteiger partial charge in [0.25, 0.3) is 0 Å². The van der Waals surface area contributed by atoms with Gasteiger partial charge in [0.2, 0.25) is 0 Å². The molecule has 1 aromatic heterocycles. The number of ether oxygens (including phenoxy) is 1. The normalized spacial score (nSPS) is 10.6. The molecule has 0 N–H and O–H groups in total. The van der Waals surface area contributed by atoms with Gasteiger partial charge in [0.15, 0.2) is 0 Å². The molecule has 0 saturated carbocycles. The van der Waals surface area contributed by atoms with Crippen LogP contribution in [0.2, 0.25) is 0 Å². The van der Waals surface area contributed by atoms with Crippen LogP contribution in [-0.2, 0) is 11.3 Å². The smallest absolute Gasteiger partial charge is 0.355 e. The maximum atomic E-state index is 13.0. The number of nitriles is 1. The summed E-state index contributed by atoms with van der Waals surface area (Å²) in [4.78, 5) is 13.0. The number of hydrogen-bond acceptors (Lipinski definition) is 3. The number of hydrogen-bond donors (Lipinski definition) is 0. The van der Waals surface area contributed by atoms with E-state index in [2.05, 4.69) is 6.07 Å². The van der Waals surface area contributed by atoms with Crippen LogP contribution >= 0.6 is 0 Å². The molecule has 29 heavy (non-hydrogen) atoms. The highest BCUT2D eigenvalue weighted by molar-refractivity contribution is 6.08. The zero-order valence-electron chi connectivity index (χ0n) is 16.1. The lowest BCUT2D eigenvalue weighted by Gasteiger charge is -2.12. The van der Waals surface area contributed by atoms with Crippen molar-refractivity contribution in [3.63, 3.8) is 0 Å². The number of nitrogens with zero attached hydrogens (tertiary/aromatic N) is 2. The van der Waals surface area contributed by atoms with Crippen molar-refractivity contribution in [2.45, 2.75) is 13.5 Å². The zero-order valence-corrected chi connectivity index (χ0v) is 16.1. The molecule has 4 heteroatoms. The predicted molar refractivity (Wildman–Crippen MR) is 114 cm³/mol. The number of rotatable bonds is 5. The van der Waals surface area contributed by atoms with Crippen molar-refractivity contribution in [1.82, 2.24) is 4.57 Å². The van der Waals surface area contributed by atoms with Crippen LogP contribution in [0.15, 0.2) is 78.9 Å². The fourth-order valence-corrected chi connectivity index (χ4v) is 3.65. The standard InChI is InChI=1S/C25H20N2O2/c1-2-29-25(28)24-23(20-14-12-18(16-26)13-15-20)21-10-6-7-11-22(21)27(24)17-19-8-4-3-5-9-19/h3-15H,2,17H2,1H3. The lowest BCUT2D eigenvalue weighted by Crippen LogP contribution is -2.14. The van der Waals surface area contributed by atoms with Crippen LogP contribution in [-0.4, -0.2) is 17.1 Å². The minimum atomic E-state index is -0.348. The molecular weight excluding hydrogens is 360 g/mol. The number of aromatic nitrogens is 1. The van der Waals surface area contributed by atoms with Gasteiger partial charge in [0.05, 0.1) is 18.2 Å². The zero-order chi connectivity index (χ0) is 20.2. The summed E-state index contributed by atoms with van der Waals surface area (Å²) < 4.78 is 7.45. The summed E-state index contributed by atoms with van der Waals surface area (Å²) in [5, 5.41) is 10.1. The molecule has 3 aromatic carbocycles. The fraction of sp³-hybridized carbons (Fsp3) is 0.120. The van der Waals surface area contributed by atoms with Crippen LogP contribution in [0.25, 0.3) is 22.0 Å². The van der Waals surface area contributed by atoms with E-state index in [0.29, 0.717) is 24.4 Å². The molecule has 0 amide bonds. The van der Waals surface area contributed by atoms with Gasteiger partial charge in [-0.15, -0.1) is 0 Å². The molecule has 0 atom stereocenters. The van der Waals surface area contributed by atoms with Crippen molar-refractivity contribution in [1.29, 1.82) is 5.26 Å². The van der Waals surface area contributed by atoms with Gasteiger partial charge in [0.1, 0.15) is 5.69 Å². The summed E-state index contributed by atoms with van der Waals surface area (Å²) in [5.41, 5.74) is 4.90. The third-order valence-electron chi connectivity index (χ3n) is 4.93. The molecule has 142 valence electrons. The Bertz CT molecular complexity index is 1200. The largest absolute Gasteiger partial charge is 0.461 e. The fourth-order valence-electron chi connectivity index (χ4n) is 3.65. The Balaban J connectivity index is 1.99. The Morgan fingerprint density at radius 2 is 1.66 bits per heavy atom. The first kappa shape index (κ1) is 18.5. The first-order valence-corrected chi connectivity index (χ1v) is 9.55. The summed E-state index contributed by atoms with van der Waals surface area (Å²) in [6.07, 6.45) is 0. The minimum absolute atomic E-state index is 0.304. The van der Waals surface area contributed by atoms with Crippen molar-refractivity contribution in [2.75, 3.05) is 6.61 Å². The van der Waals surface area contributed by atoms with E-state index >= 15 is 0 Å². The van der Waals surface area contributed by atoms with Crippen LogP contribution in [0.5, 0.6) is 0 Å². The third kappa shape index (κ3) is 3.51. The second kappa shape index (κ2) is 8.04. The van der Waals surface area contributed by atoms with Crippen LogP contribution in [0.1, 0.15) is 28.5 Å². The van der Waals surface area contributed by atoms with Crippen LogP contribution in [0.3, 0.4) is 0 Å².